The molecular weight excluding hydrogens is 471 g/mol. The number of aromatic nitrogens is 1. The van der Waals surface area contributed by atoms with Crippen LogP contribution in [0.4, 0.5) is 11.4 Å². The predicted octanol–water partition coefficient (Wildman–Crippen LogP) is 7.71. The van der Waals surface area contributed by atoms with Crippen LogP contribution in [0.25, 0.3) is 38.6 Å². The van der Waals surface area contributed by atoms with Crippen LogP contribution in [-0.2, 0) is 0 Å². The lowest BCUT2D eigenvalue weighted by molar-refractivity contribution is 1.16. The zero-order chi connectivity index (χ0) is 25.8. The number of benzene rings is 6. The average molecular weight is 496 g/mol. The van der Waals surface area contributed by atoms with Crippen LogP contribution in [0.1, 0.15) is 0 Å². The summed E-state index contributed by atoms with van der Waals surface area (Å²) in [5.74, 6) is 0. The van der Waals surface area contributed by atoms with Crippen molar-refractivity contribution in [1.82, 2.24) is 4.57 Å². The maximum absolute atomic E-state index is 2.55. The fourth-order valence-electron chi connectivity index (χ4n) is 6.44. The van der Waals surface area contributed by atoms with Crippen molar-refractivity contribution in [1.29, 1.82) is 0 Å². The summed E-state index contributed by atoms with van der Waals surface area (Å²) in [6, 6.07) is 54.9. The van der Waals surface area contributed by atoms with Gasteiger partial charge < -0.3 is 9.38 Å². The number of hydrogen-bond donors (Lipinski definition) is 0. The number of rotatable bonds is 3. The van der Waals surface area contributed by atoms with E-state index in [1.807, 2.05) is 0 Å². The predicted molar refractivity (Wildman–Crippen MR) is 166 cm³/mol. The van der Waals surface area contributed by atoms with E-state index >= 15 is 0 Å². The first-order chi connectivity index (χ1) is 19.4. The highest BCUT2D eigenvalue weighted by atomic mass is 15.1. The molecule has 0 radical (unpaired) electrons. The molecule has 2 heterocycles. The monoisotopic (exact) mass is 496 g/mol. The molecule has 0 saturated carbocycles. The lowest BCUT2D eigenvalue weighted by Crippen LogP contribution is -2.57. The molecule has 39 heavy (non-hydrogen) atoms. The second-order valence-electron chi connectivity index (χ2n) is 10.1. The zero-order valence-corrected chi connectivity index (χ0v) is 21.4. The van der Waals surface area contributed by atoms with E-state index in [-0.39, 0.29) is 6.85 Å². The molecule has 0 fully saturated rings. The van der Waals surface area contributed by atoms with Crippen molar-refractivity contribution in [3.05, 3.63) is 152 Å². The van der Waals surface area contributed by atoms with Gasteiger partial charge in [0.05, 0.1) is 22.4 Å². The molecule has 1 aromatic heterocycles. The number of hydrogen-bond acceptors (Lipinski definition) is 1. The van der Waals surface area contributed by atoms with Crippen molar-refractivity contribution in [2.45, 2.75) is 0 Å². The van der Waals surface area contributed by atoms with E-state index in [0.717, 1.165) is 0 Å². The third-order valence-electron chi connectivity index (χ3n) is 8.03. The molecule has 3 heteroatoms. The Hall–Kier alpha value is -5.02. The van der Waals surface area contributed by atoms with Gasteiger partial charge in [-0.3, -0.25) is 0 Å². The third kappa shape index (κ3) is 3.30. The summed E-state index contributed by atoms with van der Waals surface area (Å²) in [6.07, 6.45) is 0. The van der Waals surface area contributed by atoms with Crippen LogP contribution in [-0.4, -0.2) is 11.4 Å². The maximum atomic E-state index is 2.55. The summed E-state index contributed by atoms with van der Waals surface area (Å²) in [6.45, 7) is 0.0338. The highest BCUT2D eigenvalue weighted by Gasteiger charge is 2.38. The molecule has 182 valence electrons. The van der Waals surface area contributed by atoms with Crippen molar-refractivity contribution < 1.29 is 0 Å². The largest absolute Gasteiger partial charge is 0.375 e. The van der Waals surface area contributed by atoms with Crippen LogP contribution in [0.15, 0.2) is 152 Å². The van der Waals surface area contributed by atoms with Gasteiger partial charge in [-0.15, -0.1) is 0 Å². The van der Waals surface area contributed by atoms with Gasteiger partial charge >= 0.3 is 6.85 Å². The van der Waals surface area contributed by atoms with Gasteiger partial charge in [0, 0.05) is 22.0 Å². The van der Waals surface area contributed by atoms with E-state index in [1.165, 1.54) is 60.9 Å². The van der Waals surface area contributed by atoms with Gasteiger partial charge in [-0.1, -0.05) is 127 Å². The first kappa shape index (κ1) is 22.0. The van der Waals surface area contributed by atoms with E-state index in [0.29, 0.717) is 0 Å². The molecule has 0 saturated heterocycles. The molecule has 0 unspecified atom stereocenters. The van der Waals surface area contributed by atoms with E-state index in [9.17, 15) is 0 Å². The standard InChI is InChI=1S/C36H25BN2/c1-3-14-26(15-4-1)37-32-22-10-7-18-28(32)31-21-13-25-35(36(31)39(37)27-16-5-2-6-17-27)38-33-23-11-8-19-29(33)30-20-9-12-24-34(30)38/h1-25H. The summed E-state index contributed by atoms with van der Waals surface area (Å²) in [4.78, 5) is 2.55. The number of nitrogens with zero attached hydrogens (tertiary/aromatic N) is 2. The van der Waals surface area contributed by atoms with Crippen molar-refractivity contribution >= 4 is 51.0 Å². The molecular formula is C36H25BN2. The minimum Gasteiger partial charge on any atom is -0.375 e. The molecule has 2 nitrogen and oxygen atoms in total. The Morgan fingerprint density at radius 1 is 0.436 bits per heavy atom. The fourth-order valence-corrected chi connectivity index (χ4v) is 6.44. The van der Waals surface area contributed by atoms with Gasteiger partial charge in [-0.05, 0) is 41.4 Å². The lowest BCUT2D eigenvalue weighted by Gasteiger charge is -2.40. The van der Waals surface area contributed by atoms with E-state index in [4.69, 9.17) is 0 Å². The Balaban J connectivity index is 1.53. The van der Waals surface area contributed by atoms with Crippen molar-refractivity contribution in [2.75, 3.05) is 4.81 Å². The molecule has 0 aliphatic carbocycles. The number of para-hydroxylation sites is 4. The Kier molecular flexibility index (Phi) is 4.96. The summed E-state index contributed by atoms with van der Waals surface area (Å²) in [5, 5.41) is 2.54. The molecule has 0 atom stereocenters. The molecule has 0 amide bonds. The average Bonchev–Trinajstić information content (AvgIpc) is 3.35. The quantitative estimate of drug-likeness (QED) is 0.228. The summed E-state index contributed by atoms with van der Waals surface area (Å²) in [7, 11) is 0. The minimum atomic E-state index is 0.0338. The first-order valence-electron chi connectivity index (χ1n) is 13.5. The topological polar surface area (TPSA) is 8.17 Å². The van der Waals surface area contributed by atoms with Crippen LogP contribution >= 0.6 is 0 Å². The minimum absolute atomic E-state index is 0.0338. The van der Waals surface area contributed by atoms with Crippen LogP contribution < -0.4 is 15.7 Å². The van der Waals surface area contributed by atoms with Gasteiger partial charge in [0.25, 0.3) is 0 Å². The SMILES string of the molecule is c1ccc(B2c3ccccc3-c3cccc(-n4c5ccccc5c5ccccc54)c3N2c2ccccc2)cc1. The molecule has 0 N–H and O–H groups in total. The molecule has 7 aromatic rings. The fraction of sp³-hybridized carbons (Fsp3) is 0. The highest BCUT2D eigenvalue weighted by Crippen LogP contribution is 2.45. The van der Waals surface area contributed by atoms with Gasteiger partial charge in [-0.2, -0.15) is 0 Å². The Morgan fingerprint density at radius 2 is 1.00 bits per heavy atom. The van der Waals surface area contributed by atoms with Gasteiger partial charge in [-0.25, -0.2) is 0 Å². The number of anilines is 2. The Labute approximate surface area is 228 Å². The van der Waals surface area contributed by atoms with Crippen molar-refractivity contribution in [3.8, 4) is 16.8 Å². The molecule has 0 bridgehead atoms. The summed E-state index contributed by atoms with van der Waals surface area (Å²) < 4.78 is 2.45. The number of fused-ring (bicyclic) bond motifs is 6. The smallest absolute Gasteiger partial charge is 0.328 e. The van der Waals surface area contributed by atoms with Crippen LogP contribution in [0.3, 0.4) is 0 Å². The summed E-state index contributed by atoms with van der Waals surface area (Å²) in [5.41, 5.74) is 11.2. The van der Waals surface area contributed by atoms with E-state index in [1.54, 1.807) is 0 Å². The normalized spacial score (nSPS) is 12.5. The van der Waals surface area contributed by atoms with Crippen LogP contribution in [0, 0.1) is 0 Å². The van der Waals surface area contributed by atoms with E-state index in [2.05, 4.69) is 161 Å². The van der Waals surface area contributed by atoms with Crippen molar-refractivity contribution in [2.24, 2.45) is 0 Å². The second kappa shape index (κ2) is 8.78. The molecule has 1 aliphatic rings. The molecule has 8 rings (SSSR count). The van der Waals surface area contributed by atoms with Crippen molar-refractivity contribution in [3.63, 3.8) is 0 Å². The van der Waals surface area contributed by atoms with Crippen LogP contribution in [0.5, 0.6) is 0 Å². The second-order valence-corrected chi connectivity index (χ2v) is 10.1. The highest BCUT2D eigenvalue weighted by molar-refractivity contribution is 6.91. The van der Waals surface area contributed by atoms with Crippen LogP contribution in [0.2, 0.25) is 0 Å². The third-order valence-corrected chi connectivity index (χ3v) is 8.03. The lowest BCUT2D eigenvalue weighted by atomic mass is 9.45. The maximum Gasteiger partial charge on any atom is 0.328 e. The molecule has 6 aromatic carbocycles. The Morgan fingerprint density at radius 3 is 1.72 bits per heavy atom. The first-order valence-corrected chi connectivity index (χ1v) is 13.5. The zero-order valence-electron chi connectivity index (χ0n) is 21.4. The Bertz CT molecular complexity index is 1920. The van der Waals surface area contributed by atoms with Gasteiger partial charge in [0.2, 0.25) is 0 Å². The summed E-state index contributed by atoms with van der Waals surface area (Å²) >= 11 is 0. The molecule has 1 aliphatic heterocycles. The van der Waals surface area contributed by atoms with Gasteiger partial charge in [0.15, 0.2) is 0 Å². The van der Waals surface area contributed by atoms with Gasteiger partial charge in [0.1, 0.15) is 0 Å². The molecule has 0 spiro atoms. The van der Waals surface area contributed by atoms with E-state index < -0.39 is 0 Å².